The number of benzene rings is 2. The lowest BCUT2D eigenvalue weighted by atomic mass is 9.93. The Morgan fingerprint density at radius 2 is 1.92 bits per heavy atom. The molecule has 3 heterocycles. The lowest BCUT2D eigenvalue weighted by molar-refractivity contribution is -0.110. The number of nitrogens with zero attached hydrogens (tertiary/aromatic N) is 1. The number of rotatable bonds is 4. The quantitative estimate of drug-likeness (QED) is 0.313. The van der Waals surface area contributed by atoms with Gasteiger partial charge in [0.2, 0.25) is 10.0 Å². The highest BCUT2D eigenvalue weighted by atomic mass is 32.2. The molecule has 10 heteroatoms. The van der Waals surface area contributed by atoms with Gasteiger partial charge in [-0.05, 0) is 87.2 Å². The van der Waals surface area contributed by atoms with Crippen molar-refractivity contribution in [3.63, 3.8) is 0 Å². The van der Waals surface area contributed by atoms with Gasteiger partial charge in [0.1, 0.15) is 0 Å². The summed E-state index contributed by atoms with van der Waals surface area (Å²) in [5.41, 5.74) is 6.12. The maximum Gasteiger partial charge on any atom is 0.418 e. The van der Waals surface area contributed by atoms with Crippen LogP contribution in [-0.4, -0.2) is 43.6 Å². The van der Waals surface area contributed by atoms with Crippen LogP contribution in [0.25, 0.3) is 22.6 Å². The van der Waals surface area contributed by atoms with Crippen molar-refractivity contribution in [2.24, 2.45) is 0 Å². The highest BCUT2D eigenvalue weighted by Gasteiger charge is 2.27. The van der Waals surface area contributed by atoms with Crippen molar-refractivity contribution in [3.05, 3.63) is 83.3 Å². The summed E-state index contributed by atoms with van der Waals surface area (Å²) >= 11 is 0. The number of carbonyl (C=O) groups is 2. The number of aromatic amines is 1. The average molecular weight is 547 g/mol. The summed E-state index contributed by atoms with van der Waals surface area (Å²) < 4.78 is 32.8. The van der Waals surface area contributed by atoms with Crippen LogP contribution in [0, 0.1) is 0 Å². The van der Waals surface area contributed by atoms with Gasteiger partial charge in [-0.1, -0.05) is 18.2 Å². The van der Waals surface area contributed by atoms with Gasteiger partial charge in [-0.25, -0.2) is 17.9 Å². The van der Waals surface area contributed by atoms with Crippen molar-refractivity contribution >= 4 is 50.3 Å². The van der Waals surface area contributed by atoms with Crippen LogP contribution in [0.4, 0.5) is 10.5 Å². The molecule has 2 aromatic carbocycles. The van der Waals surface area contributed by atoms with Gasteiger partial charge in [0, 0.05) is 34.7 Å². The molecule has 6 rings (SSSR count). The number of amides is 1. The van der Waals surface area contributed by atoms with E-state index in [4.69, 9.17) is 4.74 Å². The van der Waals surface area contributed by atoms with Gasteiger partial charge >= 0.3 is 6.09 Å². The van der Waals surface area contributed by atoms with Gasteiger partial charge < -0.3 is 15.0 Å². The van der Waals surface area contributed by atoms with Crippen molar-refractivity contribution in [3.8, 4) is 0 Å². The minimum atomic E-state index is -3.56. The highest BCUT2D eigenvalue weighted by Crippen LogP contribution is 2.36. The second-order valence-corrected chi connectivity index (χ2v) is 11.2. The summed E-state index contributed by atoms with van der Waals surface area (Å²) in [4.78, 5) is 27.3. The fraction of sp³-hybridized carbons (Fsp3) is 0.241. The number of para-hydroxylation sites is 1. The molecule has 0 saturated carbocycles. The monoisotopic (exact) mass is 546 g/mol. The predicted octanol–water partition coefficient (Wildman–Crippen LogP) is 4.94. The lowest BCUT2D eigenvalue weighted by Gasteiger charge is -2.11. The molecule has 0 saturated heterocycles. The molecule has 1 aliphatic heterocycles. The number of aromatic nitrogens is 2. The molecule has 1 aliphatic carbocycles. The van der Waals surface area contributed by atoms with Crippen LogP contribution in [0.15, 0.2) is 65.8 Å². The van der Waals surface area contributed by atoms with E-state index in [2.05, 4.69) is 15.0 Å². The zero-order valence-corrected chi connectivity index (χ0v) is 22.6. The van der Waals surface area contributed by atoms with Crippen molar-refractivity contribution in [2.75, 3.05) is 19.0 Å². The molecule has 0 atom stereocenters. The molecule has 9 nitrogen and oxygen atoms in total. The molecule has 1 amide bonds. The predicted molar refractivity (Wildman–Crippen MR) is 151 cm³/mol. The van der Waals surface area contributed by atoms with E-state index < -0.39 is 10.0 Å². The molecule has 0 spiro atoms. The van der Waals surface area contributed by atoms with Crippen molar-refractivity contribution < 1.29 is 22.7 Å². The molecule has 39 heavy (non-hydrogen) atoms. The third-order valence-electron chi connectivity index (χ3n) is 6.94. The van der Waals surface area contributed by atoms with Crippen molar-refractivity contribution in [2.45, 2.75) is 37.5 Å². The Morgan fingerprint density at radius 3 is 2.72 bits per heavy atom. The smallest absolute Gasteiger partial charge is 0.418 e. The van der Waals surface area contributed by atoms with E-state index in [1.165, 1.54) is 35.2 Å². The summed E-state index contributed by atoms with van der Waals surface area (Å²) in [6.07, 6.45) is 9.64. The van der Waals surface area contributed by atoms with Crippen molar-refractivity contribution in [1.29, 1.82) is 0 Å². The minimum Gasteiger partial charge on any atom is -0.449 e. The molecular formula is C29H30N4O5S. The second-order valence-electron chi connectivity index (χ2n) is 9.28. The first-order chi connectivity index (χ1) is 18.8. The zero-order chi connectivity index (χ0) is 27.6. The summed E-state index contributed by atoms with van der Waals surface area (Å²) in [6, 6.07) is 14.3. The number of H-pyrrole nitrogens is 1. The lowest BCUT2D eigenvalue weighted by Crippen LogP contribution is -2.18. The fourth-order valence-corrected chi connectivity index (χ4v) is 5.71. The van der Waals surface area contributed by atoms with Crippen LogP contribution in [0.3, 0.4) is 0 Å². The number of fused-ring (bicyclic) bond motifs is 3. The molecule has 0 radical (unpaired) electrons. The van der Waals surface area contributed by atoms with E-state index in [9.17, 15) is 18.0 Å². The Balaban J connectivity index is 0.000000186. The molecule has 0 fully saturated rings. The molecule has 202 valence electrons. The normalized spacial score (nSPS) is 15.3. The molecule has 0 unspecified atom stereocenters. The number of nitrogens with one attached hydrogen (secondary N) is 3. The maximum atomic E-state index is 12.4. The van der Waals surface area contributed by atoms with Crippen molar-refractivity contribution in [1.82, 2.24) is 14.3 Å². The van der Waals surface area contributed by atoms with E-state index in [0.29, 0.717) is 23.4 Å². The van der Waals surface area contributed by atoms with Gasteiger partial charge in [-0.2, -0.15) is 0 Å². The Labute approximate surface area is 226 Å². The summed E-state index contributed by atoms with van der Waals surface area (Å²) in [5.74, 6) is -0.215. The third-order valence-corrected chi connectivity index (χ3v) is 8.36. The molecule has 0 bridgehead atoms. The van der Waals surface area contributed by atoms with E-state index in [1.807, 2.05) is 42.6 Å². The van der Waals surface area contributed by atoms with Crippen LogP contribution in [0.5, 0.6) is 0 Å². The van der Waals surface area contributed by atoms with Gasteiger partial charge in [0.25, 0.3) is 5.91 Å². The average Bonchev–Trinajstić information content (AvgIpc) is 3.65. The summed E-state index contributed by atoms with van der Waals surface area (Å²) in [7, 11) is -2.19. The Morgan fingerprint density at radius 1 is 1.13 bits per heavy atom. The maximum absolute atomic E-state index is 12.4. The number of carbonyl (C=O) groups excluding carboxylic acids is 2. The number of hydrogen-bond acceptors (Lipinski definition) is 5. The van der Waals surface area contributed by atoms with E-state index in [-0.39, 0.29) is 16.9 Å². The van der Waals surface area contributed by atoms with Crippen LogP contribution >= 0.6 is 0 Å². The molecule has 3 N–H and O–H groups in total. The number of aryl methyl sites for hydroxylation is 1. The van der Waals surface area contributed by atoms with Crippen LogP contribution in [-0.2, 0) is 32.4 Å². The van der Waals surface area contributed by atoms with Crippen LogP contribution < -0.4 is 10.0 Å². The van der Waals surface area contributed by atoms with Crippen LogP contribution in [0.2, 0.25) is 0 Å². The molecular weight excluding hydrogens is 516 g/mol. The topological polar surface area (TPSA) is 122 Å². The number of sulfonamides is 1. The van der Waals surface area contributed by atoms with Gasteiger partial charge in [0.05, 0.1) is 22.6 Å². The number of ether oxygens (including phenoxy) is 1. The number of hydrogen-bond donors (Lipinski definition) is 3. The first kappa shape index (κ1) is 26.5. The Bertz CT molecular complexity index is 1700. The Hall–Kier alpha value is -4.15. The molecule has 2 aromatic heterocycles. The SMILES string of the molecule is CCOC(=O)n1ccc2ccccc21.CNS(=O)(=O)c1ccc2c(c1)C(=Cc1[nH]cc3c1CCCC3)C(=O)N2. The summed E-state index contributed by atoms with van der Waals surface area (Å²) in [5, 5.41) is 3.84. The second kappa shape index (κ2) is 10.9. The van der Waals surface area contributed by atoms with E-state index in [0.717, 1.165) is 35.9 Å². The summed E-state index contributed by atoms with van der Waals surface area (Å²) in [6.45, 7) is 2.19. The molecule has 4 aromatic rings. The Kier molecular flexibility index (Phi) is 7.40. The van der Waals surface area contributed by atoms with Gasteiger partial charge in [0.15, 0.2) is 0 Å². The first-order valence-electron chi connectivity index (χ1n) is 12.9. The molecule has 2 aliphatic rings. The van der Waals surface area contributed by atoms with Gasteiger partial charge in [-0.3, -0.25) is 9.36 Å². The van der Waals surface area contributed by atoms with E-state index in [1.54, 1.807) is 25.3 Å². The van der Waals surface area contributed by atoms with E-state index >= 15 is 0 Å². The minimum absolute atomic E-state index is 0.143. The number of anilines is 1. The highest BCUT2D eigenvalue weighted by molar-refractivity contribution is 7.89. The third kappa shape index (κ3) is 5.25. The van der Waals surface area contributed by atoms with Gasteiger partial charge in [-0.15, -0.1) is 0 Å². The zero-order valence-electron chi connectivity index (χ0n) is 21.8. The standard InChI is InChI=1S/C18H19N3O3S.C11H11NO2/c1-19-25(23,24)12-6-7-16-14(8-12)15(18(22)21-16)9-17-13-5-3-2-4-11(13)10-20-17;1-2-14-11(13)12-8-7-9-5-3-4-6-10(9)12/h6-10,19-20H,2-5H2,1H3,(H,21,22);3-8H,2H2,1H3. The first-order valence-corrected chi connectivity index (χ1v) is 14.3. The van der Waals surface area contributed by atoms with Crippen LogP contribution in [0.1, 0.15) is 42.1 Å². The fourth-order valence-electron chi connectivity index (χ4n) is 4.95. The largest absolute Gasteiger partial charge is 0.449 e.